The zero-order chi connectivity index (χ0) is 19.2. The Hall–Kier alpha value is -1.64. The van der Waals surface area contributed by atoms with Crippen molar-refractivity contribution >= 4 is 15.9 Å². The average molecular weight is 384 g/mol. The predicted molar refractivity (Wildman–Crippen MR) is 98.6 cm³/mol. The molecule has 1 amide bonds. The topological polar surface area (TPSA) is 84.9 Å². The molecule has 0 radical (unpaired) electrons. The molecule has 0 aromatic heterocycles. The van der Waals surface area contributed by atoms with Gasteiger partial charge in [-0.05, 0) is 51.0 Å². The van der Waals surface area contributed by atoms with E-state index in [0.717, 1.165) is 0 Å². The molecular weight excluding hydrogens is 356 g/mol. The van der Waals surface area contributed by atoms with Crippen molar-refractivity contribution in [2.45, 2.75) is 37.6 Å². The van der Waals surface area contributed by atoms with E-state index >= 15 is 0 Å². The number of nitrogens with zero attached hydrogens (tertiary/aromatic N) is 1. The minimum Gasteiger partial charge on any atom is -0.494 e. The van der Waals surface area contributed by atoms with Crippen molar-refractivity contribution in [1.82, 2.24) is 9.62 Å². The first-order chi connectivity index (χ1) is 12.4. The molecule has 7 nitrogen and oxygen atoms in total. The summed E-state index contributed by atoms with van der Waals surface area (Å²) in [5.74, 6) is 0.163. The van der Waals surface area contributed by atoms with Gasteiger partial charge >= 0.3 is 0 Å². The lowest BCUT2D eigenvalue weighted by Gasteiger charge is -2.31. The second kappa shape index (κ2) is 9.34. The Kier molecular flexibility index (Phi) is 7.43. The minimum absolute atomic E-state index is 0.106. The van der Waals surface area contributed by atoms with E-state index in [1.165, 1.54) is 4.31 Å². The van der Waals surface area contributed by atoms with Crippen LogP contribution in [0.15, 0.2) is 29.2 Å². The van der Waals surface area contributed by atoms with Gasteiger partial charge in [-0.25, -0.2) is 8.42 Å². The third kappa shape index (κ3) is 5.18. The fourth-order valence-corrected chi connectivity index (χ4v) is 4.57. The van der Waals surface area contributed by atoms with Crippen molar-refractivity contribution in [2.24, 2.45) is 5.92 Å². The molecule has 26 heavy (non-hydrogen) atoms. The molecule has 0 saturated carbocycles. The summed E-state index contributed by atoms with van der Waals surface area (Å²) in [6, 6.07) is 6.29. The third-order valence-electron chi connectivity index (χ3n) is 4.33. The maximum atomic E-state index is 12.9. The van der Waals surface area contributed by atoms with Crippen LogP contribution < -0.4 is 10.1 Å². The van der Waals surface area contributed by atoms with Gasteiger partial charge < -0.3 is 14.8 Å². The van der Waals surface area contributed by atoms with Gasteiger partial charge in [-0.2, -0.15) is 4.31 Å². The number of hydrogen-bond acceptors (Lipinski definition) is 5. The summed E-state index contributed by atoms with van der Waals surface area (Å²) in [7, 11) is -2.05. The van der Waals surface area contributed by atoms with E-state index in [2.05, 4.69) is 5.32 Å². The van der Waals surface area contributed by atoms with E-state index < -0.39 is 10.0 Å². The lowest BCUT2D eigenvalue weighted by atomic mass is 9.98. The quantitative estimate of drug-likeness (QED) is 0.736. The predicted octanol–water partition coefficient (Wildman–Crippen LogP) is 1.64. The van der Waals surface area contributed by atoms with Crippen LogP contribution in [0.3, 0.4) is 0 Å². The normalized spacial score (nSPS) is 19.7. The Bertz CT molecular complexity index is 690. The maximum absolute atomic E-state index is 12.9. The fourth-order valence-electron chi connectivity index (χ4n) is 3.05. The van der Waals surface area contributed by atoms with Crippen LogP contribution in [-0.2, 0) is 19.6 Å². The highest BCUT2D eigenvalue weighted by atomic mass is 32.2. The van der Waals surface area contributed by atoms with Crippen LogP contribution in [0.25, 0.3) is 0 Å². The summed E-state index contributed by atoms with van der Waals surface area (Å²) in [6.07, 6.45) is 1.34. The van der Waals surface area contributed by atoms with Crippen LogP contribution in [0.2, 0.25) is 0 Å². The molecule has 1 aromatic rings. The minimum atomic E-state index is -3.63. The van der Waals surface area contributed by atoms with Gasteiger partial charge in [0.15, 0.2) is 0 Å². The number of piperidine rings is 1. The molecule has 1 aliphatic rings. The van der Waals surface area contributed by atoms with Crippen molar-refractivity contribution in [3.05, 3.63) is 24.3 Å². The van der Waals surface area contributed by atoms with Crippen molar-refractivity contribution in [2.75, 3.05) is 33.4 Å². The second-order valence-corrected chi connectivity index (χ2v) is 8.41. The smallest absolute Gasteiger partial charge is 0.243 e. The molecule has 0 unspecified atom stereocenters. The van der Waals surface area contributed by atoms with E-state index in [-0.39, 0.29) is 29.3 Å². The van der Waals surface area contributed by atoms with Crippen molar-refractivity contribution in [3.8, 4) is 5.75 Å². The second-order valence-electron chi connectivity index (χ2n) is 6.47. The molecule has 146 valence electrons. The molecule has 0 spiro atoms. The molecule has 1 N–H and O–H groups in total. The van der Waals surface area contributed by atoms with Gasteiger partial charge in [0.25, 0.3) is 0 Å². The summed E-state index contributed by atoms with van der Waals surface area (Å²) >= 11 is 0. The van der Waals surface area contributed by atoms with Gasteiger partial charge in [-0.15, -0.1) is 0 Å². The molecule has 1 aromatic carbocycles. The summed E-state index contributed by atoms with van der Waals surface area (Å²) in [4.78, 5) is 12.6. The average Bonchev–Trinajstić information content (AvgIpc) is 2.63. The summed E-state index contributed by atoms with van der Waals surface area (Å²) in [6.45, 7) is 5.30. The van der Waals surface area contributed by atoms with Crippen molar-refractivity contribution < 1.29 is 22.7 Å². The highest BCUT2D eigenvalue weighted by molar-refractivity contribution is 7.89. The highest BCUT2D eigenvalue weighted by Gasteiger charge is 2.33. The lowest BCUT2D eigenvalue weighted by molar-refractivity contribution is -0.127. The van der Waals surface area contributed by atoms with Gasteiger partial charge in [0.2, 0.25) is 15.9 Å². The Morgan fingerprint density at radius 2 is 2.04 bits per heavy atom. The molecule has 1 fully saturated rings. The number of hydrogen-bond donors (Lipinski definition) is 1. The van der Waals surface area contributed by atoms with Crippen LogP contribution in [0.4, 0.5) is 0 Å². The van der Waals surface area contributed by atoms with Crippen LogP contribution in [0, 0.1) is 5.92 Å². The zero-order valence-corrected chi connectivity index (χ0v) is 16.4. The molecule has 0 aliphatic carbocycles. The molecule has 2 atom stereocenters. The van der Waals surface area contributed by atoms with E-state index in [1.54, 1.807) is 31.4 Å². The highest BCUT2D eigenvalue weighted by Crippen LogP contribution is 2.25. The standard InChI is InChI=1S/C18H28N2O5S/c1-4-25-16-7-9-17(10-8-16)26(22,23)20-11-5-6-15(12-20)18(21)19-14(2)13-24-3/h7-10,14-15H,4-6,11-13H2,1-3H3,(H,19,21)/t14-,15-/m1/s1. The summed E-state index contributed by atoms with van der Waals surface area (Å²) in [5, 5.41) is 2.88. The maximum Gasteiger partial charge on any atom is 0.243 e. The van der Waals surface area contributed by atoms with E-state index in [9.17, 15) is 13.2 Å². The summed E-state index contributed by atoms with van der Waals surface area (Å²) in [5.41, 5.74) is 0. The molecule has 1 aliphatic heterocycles. The number of rotatable bonds is 8. The van der Waals surface area contributed by atoms with Crippen LogP contribution in [-0.4, -0.2) is 58.1 Å². The molecule has 2 rings (SSSR count). The number of carbonyl (C=O) groups is 1. The Morgan fingerprint density at radius 1 is 1.35 bits per heavy atom. The number of methoxy groups -OCH3 is 1. The summed E-state index contributed by atoms with van der Waals surface area (Å²) < 4.78 is 37.5. The monoisotopic (exact) mass is 384 g/mol. The number of amides is 1. The molecule has 8 heteroatoms. The molecule has 1 saturated heterocycles. The van der Waals surface area contributed by atoms with E-state index in [4.69, 9.17) is 9.47 Å². The Morgan fingerprint density at radius 3 is 2.65 bits per heavy atom. The van der Waals surface area contributed by atoms with Gasteiger partial charge in [0, 0.05) is 26.2 Å². The van der Waals surface area contributed by atoms with Crippen LogP contribution in [0.5, 0.6) is 5.75 Å². The van der Waals surface area contributed by atoms with E-state index in [1.807, 2.05) is 13.8 Å². The Balaban J connectivity index is 2.06. The van der Waals surface area contributed by atoms with E-state index in [0.29, 0.717) is 38.3 Å². The molecule has 0 bridgehead atoms. The van der Waals surface area contributed by atoms with Crippen molar-refractivity contribution in [3.63, 3.8) is 0 Å². The third-order valence-corrected chi connectivity index (χ3v) is 6.21. The van der Waals surface area contributed by atoms with Crippen LogP contribution >= 0.6 is 0 Å². The van der Waals surface area contributed by atoms with Gasteiger partial charge in [0.1, 0.15) is 5.75 Å². The first kappa shape index (κ1) is 20.7. The van der Waals surface area contributed by atoms with Gasteiger partial charge in [-0.3, -0.25) is 4.79 Å². The first-order valence-corrected chi connectivity index (χ1v) is 10.3. The SMILES string of the molecule is CCOc1ccc(S(=O)(=O)N2CCC[C@@H](C(=O)N[C@H](C)COC)C2)cc1. The number of sulfonamides is 1. The number of nitrogens with one attached hydrogen (secondary N) is 1. The molecule has 1 heterocycles. The Labute approximate surface area is 155 Å². The van der Waals surface area contributed by atoms with Gasteiger partial charge in [-0.1, -0.05) is 0 Å². The van der Waals surface area contributed by atoms with Gasteiger partial charge in [0.05, 0.1) is 24.0 Å². The van der Waals surface area contributed by atoms with Crippen molar-refractivity contribution in [1.29, 1.82) is 0 Å². The lowest BCUT2D eigenvalue weighted by Crippen LogP contribution is -2.47. The largest absolute Gasteiger partial charge is 0.494 e. The fraction of sp³-hybridized carbons (Fsp3) is 0.611. The number of ether oxygens (including phenoxy) is 2. The number of benzene rings is 1. The molecular formula is C18H28N2O5S. The zero-order valence-electron chi connectivity index (χ0n) is 15.6. The van der Waals surface area contributed by atoms with Crippen LogP contribution in [0.1, 0.15) is 26.7 Å². The first-order valence-electron chi connectivity index (χ1n) is 8.90. The number of carbonyl (C=O) groups excluding carboxylic acids is 1.